The summed E-state index contributed by atoms with van der Waals surface area (Å²) in [6, 6.07) is 0. The highest BCUT2D eigenvalue weighted by molar-refractivity contribution is 5.75. The molecule has 0 radical (unpaired) electrons. The predicted octanol–water partition coefficient (Wildman–Crippen LogP) is 2.37. The van der Waals surface area contributed by atoms with Crippen molar-refractivity contribution in [2.45, 2.75) is 51.9 Å². The van der Waals surface area contributed by atoms with Crippen LogP contribution in [-0.2, 0) is 30.7 Å². The average molecular weight is 359 g/mol. The molecule has 1 amide bonds. The van der Waals surface area contributed by atoms with Gasteiger partial charge in [-0.15, -0.1) is 0 Å². The minimum atomic E-state index is -4.33. The number of carbonyl (C=O) groups is 1. The van der Waals surface area contributed by atoms with E-state index < -0.39 is 12.7 Å². The van der Waals surface area contributed by atoms with Gasteiger partial charge >= 0.3 is 6.18 Å². The van der Waals surface area contributed by atoms with Crippen molar-refractivity contribution in [3.8, 4) is 0 Å². The minimum absolute atomic E-state index is 0.0163. The Morgan fingerprint density at radius 3 is 2.80 bits per heavy atom. The number of imidazole rings is 1. The molecule has 0 aliphatic rings. The number of halogens is 3. The van der Waals surface area contributed by atoms with Crippen molar-refractivity contribution in [3.63, 3.8) is 0 Å². The van der Waals surface area contributed by atoms with E-state index in [1.165, 1.54) is 24.3 Å². The molecule has 0 fully saturated rings. The van der Waals surface area contributed by atoms with Gasteiger partial charge in [0, 0.05) is 38.7 Å². The normalized spacial score (nSPS) is 11.7. The average Bonchev–Trinajstić information content (AvgIpc) is 3.15. The Labute approximate surface area is 142 Å². The smallest absolute Gasteiger partial charge is 0.339 e. The van der Waals surface area contributed by atoms with E-state index in [-0.39, 0.29) is 24.7 Å². The lowest BCUT2D eigenvalue weighted by Gasteiger charge is -2.18. The van der Waals surface area contributed by atoms with Crippen molar-refractivity contribution in [3.05, 3.63) is 29.9 Å². The molecule has 0 aliphatic carbocycles. The first kappa shape index (κ1) is 18.9. The van der Waals surface area contributed by atoms with Crippen LogP contribution in [0.5, 0.6) is 0 Å². The van der Waals surface area contributed by atoms with Crippen molar-refractivity contribution in [2.24, 2.45) is 0 Å². The van der Waals surface area contributed by atoms with Crippen molar-refractivity contribution in [2.75, 3.05) is 7.05 Å². The molecule has 0 saturated carbocycles. The van der Waals surface area contributed by atoms with E-state index in [9.17, 15) is 18.0 Å². The maximum atomic E-state index is 12.5. The number of amides is 1. The molecule has 2 aromatic rings. The Balaban J connectivity index is 1.81. The molecule has 0 bridgehead atoms. The van der Waals surface area contributed by atoms with Gasteiger partial charge in [-0.1, -0.05) is 12.1 Å². The first-order chi connectivity index (χ1) is 11.8. The summed E-state index contributed by atoms with van der Waals surface area (Å²) in [5.74, 6) is 1.11. The first-order valence-electron chi connectivity index (χ1n) is 7.90. The van der Waals surface area contributed by atoms with Crippen LogP contribution in [0, 0.1) is 0 Å². The molecule has 2 heterocycles. The Morgan fingerprint density at radius 2 is 2.16 bits per heavy atom. The molecular formula is C15H20F3N5O2. The number of rotatable bonds is 8. The Morgan fingerprint density at radius 1 is 1.40 bits per heavy atom. The molecule has 0 N–H and O–H groups in total. The lowest BCUT2D eigenvalue weighted by atomic mass is 10.2. The summed E-state index contributed by atoms with van der Waals surface area (Å²) in [5, 5.41) is 3.77. The van der Waals surface area contributed by atoms with Gasteiger partial charge in [-0.25, -0.2) is 4.98 Å². The standard InChI is InChI=1S/C15H20F3N5O2/c1-3-11-20-13(25-21-11)5-4-6-14(24)22(2)9-12-19-7-8-23(12)10-15(16,17)18/h7-8H,3-6,9-10H2,1-2H3. The predicted molar refractivity (Wildman–Crippen MR) is 81.4 cm³/mol. The number of hydrogen-bond donors (Lipinski definition) is 0. The molecule has 0 aromatic carbocycles. The van der Waals surface area contributed by atoms with Gasteiger partial charge in [0.25, 0.3) is 0 Å². The quantitative estimate of drug-likeness (QED) is 0.723. The highest BCUT2D eigenvalue weighted by Crippen LogP contribution is 2.18. The van der Waals surface area contributed by atoms with Crippen molar-refractivity contribution < 1.29 is 22.5 Å². The van der Waals surface area contributed by atoms with Crippen molar-refractivity contribution >= 4 is 5.91 Å². The third-order valence-electron chi connectivity index (χ3n) is 3.56. The number of hydrogen-bond acceptors (Lipinski definition) is 5. The second-order valence-electron chi connectivity index (χ2n) is 5.65. The van der Waals surface area contributed by atoms with Crippen LogP contribution in [0.2, 0.25) is 0 Å². The molecule has 0 unspecified atom stereocenters. The fourth-order valence-electron chi connectivity index (χ4n) is 2.25. The summed E-state index contributed by atoms with van der Waals surface area (Å²) in [5.41, 5.74) is 0. The second-order valence-corrected chi connectivity index (χ2v) is 5.65. The second kappa shape index (κ2) is 8.13. The monoisotopic (exact) mass is 359 g/mol. The van der Waals surface area contributed by atoms with Gasteiger partial charge in [0.15, 0.2) is 5.82 Å². The maximum absolute atomic E-state index is 12.5. The maximum Gasteiger partial charge on any atom is 0.406 e. The first-order valence-corrected chi connectivity index (χ1v) is 7.90. The lowest BCUT2D eigenvalue weighted by Crippen LogP contribution is -2.28. The molecule has 0 spiro atoms. The summed E-state index contributed by atoms with van der Waals surface area (Å²) in [6.07, 6.45) is 0.124. The zero-order valence-electron chi connectivity index (χ0n) is 14.1. The highest BCUT2D eigenvalue weighted by atomic mass is 19.4. The number of aromatic nitrogens is 4. The third-order valence-corrected chi connectivity index (χ3v) is 3.56. The SMILES string of the molecule is CCc1noc(CCCC(=O)N(C)Cc2nccn2CC(F)(F)F)n1. The zero-order valence-corrected chi connectivity index (χ0v) is 14.1. The molecule has 138 valence electrons. The number of alkyl halides is 3. The van der Waals surface area contributed by atoms with E-state index in [2.05, 4.69) is 15.1 Å². The van der Waals surface area contributed by atoms with Crippen LogP contribution in [0.1, 0.15) is 37.3 Å². The molecule has 0 atom stereocenters. The van der Waals surface area contributed by atoms with Gasteiger partial charge in [0.1, 0.15) is 12.4 Å². The molecule has 2 aromatic heterocycles. The molecular weight excluding hydrogens is 339 g/mol. The summed E-state index contributed by atoms with van der Waals surface area (Å²) in [4.78, 5) is 21.5. The number of aryl methyl sites for hydroxylation is 2. The van der Waals surface area contributed by atoms with Crippen LogP contribution in [0.4, 0.5) is 13.2 Å². The van der Waals surface area contributed by atoms with Crippen LogP contribution >= 0.6 is 0 Å². The van der Waals surface area contributed by atoms with Crippen LogP contribution in [0.25, 0.3) is 0 Å². The third kappa shape index (κ3) is 5.87. The van der Waals surface area contributed by atoms with E-state index in [1.54, 1.807) is 0 Å². The fraction of sp³-hybridized carbons (Fsp3) is 0.600. The molecule has 2 rings (SSSR count). The van der Waals surface area contributed by atoms with E-state index in [0.29, 0.717) is 31.0 Å². The van der Waals surface area contributed by atoms with Crippen LogP contribution in [0.15, 0.2) is 16.9 Å². The Bertz CT molecular complexity index is 695. The van der Waals surface area contributed by atoms with Crippen molar-refractivity contribution in [1.82, 2.24) is 24.6 Å². The van der Waals surface area contributed by atoms with E-state index in [0.717, 1.165) is 4.57 Å². The van der Waals surface area contributed by atoms with Crippen LogP contribution in [0.3, 0.4) is 0 Å². The van der Waals surface area contributed by atoms with Gasteiger partial charge in [0.2, 0.25) is 11.8 Å². The summed E-state index contributed by atoms with van der Waals surface area (Å²) in [6.45, 7) is 0.805. The molecule has 10 heteroatoms. The topological polar surface area (TPSA) is 77.0 Å². The number of carbonyl (C=O) groups excluding carboxylic acids is 1. The van der Waals surface area contributed by atoms with Gasteiger partial charge in [-0.05, 0) is 6.42 Å². The van der Waals surface area contributed by atoms with E-state index in [4.69, 9.17) is 4.52 Å². The fourth-order valence-corrected chi connectivity index (χ4v) is 2.25. The van der Waals surface area contributed by atoms with Gasteiger partial charge in [0.05, 0.1) is 6.54 Å². The molecule has 25 heavy (non-hydrogen) atoms. The molecule has 0 aliphatic heterocycles. The van der Waals surface area contributed by atoms with E-state index in [1.807, 2.05) is 6.92 Å². The van der Waals surface area contributed by atoms with Crippen LogP contribution < -0.4 is 0 Å². The molecule has 0 saturated heterocycles. The van der Waals surface area contributed by atoms with Gasteiger partial charge in [-0.3, -0.25) is 4.79 Å². The lowest BCUT2D eigenvalue weighted by molar-refractivity contribution is -0.141. The number of nitrogens with zero attached hydrogens (tertiary/aromatic N) is 5. The van der Waals surface area contributed by atoms with E-state index >= 15 is 0 Å². The largest absolute Gasteiger partial charge is 0.406 e. The minimum Gasteiger partial charge on any atom is -0.339 e. The summed E-state index contributed by atoms with van der Waals surface area (Å²) in [7, 11) is 1.54. The Hall–Kier alpha value is -2.39. The highest BCUT2D eigenvalue weighted by Gasteiger charge is 2.29. The molecule has 7 nitrogen and oxygen atoms in total. The summed E-state index contributed by atoms with van der Waals surface area (Å²) >= 11 is 0. The van der Waals surface area contributed by atoms with Crippen molar-refractivity contribution in [1.29, 1.82) is 0 Å². The van der Waals surface area contributed by atoms with Crippen LogP contribution in [-0.4, -0.2) is 43.7 Å². The van der Waals surface area contributed by atoms with Gasteiger partial charge in [-0.2, -0.15) is 18.2 Å². The summed E-state index contributed by atoms with van der Waals surface area (Å²) < 4.78 is 43.5. The van der Waals surface area contributed by atoms with Gasteiger partial charge < -0.3 is 14.0 Å². The Kier molecular flexibility index (Phi) is 6.16. The zero-order chi connectivity index (χ0) is 18.4.